The van der Waals surface area contributed by atoms with Gasteiger partial charge in [0.1, 0.15) is 18.5 Å². The lowest BCUT2D eigenvalue weighted by Crippen LogP contribution is -2.43. The zero-order valence-electron chi connectivity index (χ0n) is 16.9. The number of methoxy groups -OCH3 is 1. The van der Waals surface area contributed by atoms with Gasteiger partial charge in [-0.2, -0.15) is 0 Å². The number of benzene rings is 3. The summed E-state index contributed by atoms with van der Waals surface area (Å²) in [5, 5.41) is 5.79. The molecular formula is C24H26N2O3. The van der Waals surface area contributed by atoms with Crippen molar-refractivity contribution in [3.63, 3.8) is 0 Å². The summed E-state index contributed by atoms with van der Waals surface area (Å²) in [7, 11) is 1.66. The molecule has 4 rings (SSSR count). The zero-order chi connectivity index (χ0) is 20.2. The number of nitrogens with one attached hydrogen (secondary N) is 1. The SMILES string of the molecule is CCCN1C(=O)c2ccccc2NC1c1c(OCCOC)ccc2ccccc12. The maximum absolute atomic E-state index is 13.3. The lowest BCUT2D eigenvalue weighted by Gasteiger charge is -2.39. The molecule has 1 aliphatic heterocycles. The highest BCUT2D eigenvalue weighted by Crippen LogP contribution is 2.40. The number of anilines is 1. The number of rotatable bonds is 7. The maximum atomic E-state index is 13.3. The fraction of sp³-hybridized carbons (Fsp3) is 0.292. The van der Waals surface area contributed by atoms with E-state index in [9.17, 15) is 4.79 Å². The first-order valence-corrected chi connectivity index (χ1v) is 10.0. The fourth-order valence-electron chi connectivity index (χ4n) is 3.91. The van der Waals surface area contributed by atoms with Gasteiger partial charge in [0.05, 0.1) is 12.2 Å². The lowest BCUT2D eigenvalue weighted by molar-refractivity contribution is 0.0680. The molecule has 1 aliphatic rings. The van der Waals surface area contributed by atoms with E-state index < -0.39 is 0 Å². The van der Waals surface area contributed by atoms with Gasteiger partial charge in [-0.05, 0) is 35.4 Å². The monoisotopic (exact) mass is 390 g/mol. The molecule has 0 fully saturated rings. The molecule has 1 atom stereocenters. The normalized spacial score (nSPS) is 15.9. The van der Waals surface area contributed by atoms with Gasteiger partial charge in [-0.15, -0.1) is 0 Å². The summed E-state index contributed by atoms with van der Waals surface area (Å²) in [6.45, 7) is 3.70. The molecule has 1 N–H and O–H groups in total. The van der Waals surface area contributed by atoms with Crippen LogP contribution in [-0.2, 0) is 4.74 Å². The first kappa shape index (κ1) is 19.3. The van der Waals surface area contributed by atoms with Gasteiger partial charge in [-0.1, -0.05) is 49.4 Å². The van der Waals surface area contributed by atoms with Crippen LogP contribution in [0.4, 0.5) is 5.69 Å². The summed E-state index contributed by atoms with van der Waals surface area (Å²) >= 11 is 0. The van der Waals surface area contributed by atoms with Crippen LogP contribution in [0.3, 0.4) is 0 Å². The highest BCUT2D eigenvalue weighted by atomic mass is 16.5. The highest BCUT2D eigenvalue weighted by Gasteiger charge is 2.34. The van der Waals surface area contributed by atoms with E-state index in [0.29, 0.717) is 25.3 Å². The summed E-state index contributed by atoms with van der Waals surface area (Å²) in [4.78, 5) is 15.2. The summed E-state index contributed by atoms with van der Waals surface area (Å²) < 4.78 is 11.2. The highest BCUT2D eigenvalue weighted by molar-refractivity contribution is 6.02. The second-order valence-corrected chi connectivity index (χ2v) is 7.13. The van der Waals surface area contributed by atoms with E-state index >= 15 is 0 Å². The Balaban J connectivity index is 1.86. The van der Waals surface area contributed by atoms with Crippen LogP contribution < -0.4 is 10.1 Å². The molecule has 0 spiro atoms. The standard InChI is InChI=1S/C24H26N2O3/c1-3-14-26-23(25-20-11-7-6-10-19(20)24(26)27)22-18-9-5-4-8-17(18)12-13-21(22)29-16-15-28-2/h4-13,23,25H,3,14-16H2,1-2H3. The van der Waals surface area contributed by atoms with Crippen LogP contribution in [0.5, 0.6) is 5.75 Å². The molecule has 5 heteroatoms. The molecule has 5 nitrogen and oxygen atoms in total. The molecule has 0 aliphatic carbocycles. The van der Waals surface area contributed by atoms with Crippen molar-refractivity contribution in [1.82, 2.24) is 4.90 Å². The van der Waals surface area contributed by atoms with Crippen LogP contribution in [-0.4, -0.2) is 37.7 Å². The summed E-state index contributed by atoms with van der Waals surface area (Å²) in [5.74, 6) is 0.813. The van der Waals surface area contributed by atoms with Crippen molar-refractivity contribution in [1.29, 1.82) is 0 Å². The van der Waals surface area contributed by atoms with Gasteiger partial charge in [-0.25, -0.2) is 0 Å². The first-order chi connectivity index (χ1) is 14.2. The summed E-state index contributed by atoms with van der Waals surface area (Å²) in [6.07, 6.45) is 0.567. The van der Waals surface area contributed by atoms with E-state index in [4.69, 9.17) is 9.47 Å². The van der Waals surface area contributed by atoms with Crippen molar-refractivity contribution in [2.75, 3.05) is 32.2 Å². The molecule has 1 heterocycles. The quantitative estimate of drug-likeness (QED) is 0.587. The number of nitrogens with zero attached hydrogens (tertiary/aromatic N) is 1. The number of carbonyl (C=O) groups excluding carboxylic acids is 1. The topological polar surface area (TPSA) is 50.8 Å². The van der Waals surface area contributed by atoms with Gasteiger partial charge in [0.15, 0.2) is 0 Å². The molecular weight excluding hydrogens is 364 g/mol. The molecule has 0 saturated carbocycles. The molecule has 0 aromatic heterocycles. The van der Waals surface area contributed by atoms with Crippen LogP contribution in [0.25, 0.3) is 10.8 Å². The zero-order valence-corrected chi connectivity index (χ0v) is 16.9. The Kier molecular flexibility index (Phi) is 5.67. The third kappa shape index (κ3) is 3.66. The van der Waals surface area contributed by atoms with Crippen molar-refractivity contribution in [2.24, 2.45) is 0 Å². The van der Waals surface area contributed by atoms with E-state index in [1.54, 1.807) is 7.11 Å². The molecule has 1 unspecified atom stereocenters. The minimum atomic E-state index is -0.305. The Hall–Kier alpha value is -3.05. The second-order valence-electron chi connectivity index (χ2n) is 7.13. The van der Waals surface area contributed by atoms with Crippen molar-refractivity contribution in [3.8, 4) is 5.75 Å². The number of hydrogen-bond acceptors (Lipinski definition) is 4. The Morgan fingerprint density at radius 2 is 1.79 bits per heavy atom. The minimum Gasteiger partial charge on any atom is -0.491 e. The van der Waals surface area contributed by atoms with Crippen molar-refractivity contribution < 1.29 is 14.3 Å². The molecule has 3 aromatic rings. The number of hydrogen-bond donors (Lipinski definition) is 1. The van der Waals surface area contributed by atoms with Gasteiger partial charge < -0.3 is 19.7 Å². The fourth-order valence-corrected chi connectivity index (χ4v) is 3.91. The Bertz CT molecular complexity index is 1020. The van der Waals surface area contributed by atoms with Crippen LogP contribution >= 0.6 is 0 Å². The molecule has 0 bridgehead atoms. The van der Waals surface area contributed by atoms with Crippen LogP contribution in [0.1, 0.15) is 35.4 Å². The van der Waals surface area contributed by atoms with Gasteiger partial charge >= 0.3 is 0 Å². The average Bonchev–Trinajstić information content (AvgIpc) is 2.76. The van der Waals surface area contributed by atoms with E-state index in [2.05, 4.69) is 30.4 Å². The minimum absolute atomic E-state index is 0.0435. The number of para-hydroxylation sites is 1. The van der Waals surface area contributed by atoms with Gasteiger partial charge in [0.2, 0.25) is 0 Å². The predicted molar refractivity (Wildman–Crippen MR) is 115 cm³/mol. The Morgan fingerprint density at radius 1 is 1.00 bits per heavy atom. The van der Waals surface area contributed by atoms with Gasteiger partial charge in [0.25, 0.3) is 5.91 Å². The number of carbonyl (C=O) groups is 1. The van der Waals surface area contributed by atoms with Gasteiger partial charge in [0, 0.05) is 24.9 Å². The van der Waals surface area contributed by atoms with Gasteiger partial charge in [-0.3, -0.25) is 4.79 Å². The Morgan fingerprint density at radius 3 is 2.62 bits per heavy atom. The van der Waals surface area contributed by atoms with Crippen LogP contribution in [0.2, 0.25) is 0 Å². The van der Waals surface area contributed by atoms with E-state index in [1.807, 2.05) is 47.4 Å². The first-order valence-electron chi connectivity index (χ1n) is 10.0. The maximum Gasteiger partial charge on any atom is 0.257 e. The molecule has 3 aromatic carbocycles. The largest absolute Gasteiger partial charge is 0.491 e. The molecule has 0 saturated heterocycles. The third-order valence-corrected chi connectivity index (χ3v) is 5.24. The van der Waals surface area contributed by atoms with E-state index in [0.717, 1.165) is 34.2 Å². The molecule has 0 radical (unpaired) electrons. The second kappa shape index (κ2) is 8.53. The molecule has 29 heavy (non-hydrogen) atoms. The lowest BCUT2D eigenvalue weighted by atomic mass is 9.97. The van der Waals surface area contributed by atoms with E-state index in [-0.39, 0.29) is 12.1 Å². The number of fused-ring (bicyclic) bond motifs is 2. The summed E-state index contributed by atoms with van der Waals surface area (Å²) in [5.41, 5.74) is 2.54. The number of amides is 1. The van der Waals surface area contributed by atoms with Crippen molar-refractivity contribution in [3.05, 3.63) is 71.8 Å². The van der Waals surface area contributed by atoms with Crippen LogP contribution in [0, 0.1) is 0 Å². The molecule has 1 amide bonds. The number of ether oxygens (including phenoxy) is 2. The average molecular weight is 390 g/mol. The van der Waals surface area contributed by atoms with E-state index in [1.165, 1.54) is 0 Å². The van der Waals surface area contributed by atoms with Crippen molar-refractivity contribution >= 4 is 22.4 Å². The Labute approximate surface area is 171 Å². The van der Waals surface area contributed by atoms with Crippen molar-refractivity contribution in [2.45, 2.75) is 19.5 Å². The third-order valence-electron chi connectivity index (χ3n) is 5.24. The predicted octanol–water partition coefficient (Wildman–Crippen LogP) is 4.84. The molecule has 150 valence electrons. The smallest absolute Gasteiger partial charge is 0.257 e. The summed E-state index contributed by atoms with van der Waals surface area (Å²) in [6, 6.07) is 20.0. The van der Waals surface area contributed by atoms with Crippen LogP contribution in [0.15, 0.2) is 60.7 Å².